The van der Waals surface area contributed by atoms with Gasteiger partial charge in [0, 0.05) is 16.8 Å². The van der Waals surface area contributed by atoms with Gasteiger partial charge in [-0.1, -0.05) is 5.46 Å². The van der Waals surface area contributed by atoms with Crippen LogP contribution in [0, 0.1) is 11.3 Å². The molecule has 0 bridgehead atoms. The predicted molar refractivity (Wildman–Crippen MR) is 67.3 cm³/mol. The Labute approximate surface area is 97.6 Å². The fourth-order valence-corrected chi connectivity index (χ4v) is 3.07. The van der Waals surface area contributed by atoms with Crippen LogP contribution >= 0.6 is 22.7 Å². The molecule has 0 spiro atoms. The van der Waals surface area contributed by atoms with E-state index in [1.165, 1.54) is 11.3 Å². The van der Waals surface area contributed by atoms with Gasteiger partial charge in [0.05, 0.1) is 5.00 Å². The molecule has 2 radical (unpaired) electrons. The standard InChI is InChI=1S/C10H7BN2S2/c1-13-10-7(11)4-9(15-10)8-3-2-6(5-12)14-8/h2-4,13H,1H3. The van der Waals surface area contributed by atoms with Crippen LogP contribution in [0.3, 0.4) is 0 Å². The van der Waals surface area contributed by atoms with Gasteiger partial charge in [-0.15, -0.1) is 22.7 Å². The smallest absolute Gasteiger partial charge is 0.117 e. The molecule has 0 aliphatic rings. The average molecular weight is 230 g/mol. The number of nitrogens with zero attached hydrogens (tertiary/aromatic N) is 1. The van der Waals surface area contributed by atoms with Gasteiger partial charge in [-0.3, -0.25) is 0 Å². The van der Waals surface area contributed by atoms with E-state index in [4.69, 9.17) is 13.1 Å². The van der Waals surface area contributed by atoms with E-state index in [0.717, 1.165) is 25.1 Å². The average Bonchev–Trinajstić information content (AvgIpc) is 2.83. The molecule has 0 saturated carbocycles. The van der Waals surface area contributed by atoms with Crippen LogP contribution in [0.25, 0.3) is 9.75 Å². The largest absolute Gasteiger partial charge is 0.380 e. The highest BCUT2D eigenvalue weighted by atomic mass is 32.1. The molecule has 0 saturated heterocycles. The van der Waals surface area contributed by atoms with Gasteiger partial charge in [-0.05, 0) is 18.2 Å². The summed E-state index contributed by atoms with van der Waals surface area (Å²) in [4.78, 5) is 2.91. The molecule has 2 aromatic heterocycles. The predicted octanol–water partition coefficient (Wildman–Crippen LogP) is 2.18. The SMILES string of the molecule is [B]c1cc(-c2ccc(C#N)s2)sc1NC. The Morgan fingerprint density at radius 3 is 2.67 bits per heavy atom. The molecule has 2 aromatic rings. The Morgan fingerprint density at radius 2 is 2.13 bits per heavy atom. The third-order valence-electron chi connectivity index (χ3n) is 1.95. The van der Waals surface area contributed by atoms with E-state index in [1.54, 1.807) is 11.3 Å². The summed E-state index contributed by atoms with van der Waals surface area (Å²) in [5.41, 5.74) is 0.754. The van der Waals surface area contributed by atoms with Crippen LogP contribution < -0.4 is 10.8 Å². The summed E-state index contributed by atoms with van der Waals surface area (Å²) in [6.07, 6.45) is 0. The lowest BCUT2D eigenvalue weighted by molar-refractivity contribution is 1.52. The second-order valence-electron chi connectivity index (χ2n) is 2.92. The van der Waals surface area contributed by atoms with Crippen LogP contribution in [0.5, 0.6) is 0 Å². The van der Waals surface area contributed by atoms with Crippen molar-refractivity contribution in [2.24, 2.45) is 0 Å². The van der Waals surface area contributed by atoms with Crippen molar-refractivity contribution < 1.29 is 0 Å². The molecule has 0 aliphatic heterocycles. The fraction of sp³-hybridized carbons (Fsp3) is 0.100. The van der Waals surface area contributed by atoms with E-state index in [-0.39, 0.29) is 0 Å². The molecule has 2 heterocycles. The van der Waals surface area contributed by atoms with Crippen LogP contribution in [-0.2, 0) is 0 Å². The number of hydrogen-bond donors (Lipinski definition) is 1. The van der Waals surface area contributed by atoms with Crippen molar-refractivity contribution in [3.8, 4) is 15.8 Å². The quantitative estimate of drug-likeness (QED) is 0.802. The lowest BCUT2D eigenvalue weighted by Gasteiger charge is -1.93. The highest BCUT2D eigenvalue weighted by molar-refractivity contribution is 7.25. The molecular formula is C10H7BN2S2. The molecule has 0 atom stereocenters. The van der Waals surface area contributed by atoms with Crippen molar-refractivity contribution in [1.82, 2.24) is 0 Å². The van der Waals surface area contributed by atoms with E-state index < -0.39 is 0 Å². The Balaban J connectivity index is 2.41. The van der Waals surface area contributed by atoms with E-state index in [0.29, 0.717) is 0 Å². The van der Waals surface area contributed by atoms with Crippen molar-refractivity contribution in [1.29, 1.82) is 5.26 Å². The Bertz CT molecular complexity index is 522. The molecule has 1 N–H and O–H groups in total. The van der Waals surface area contributed by atoms with Gasteiger partial charge in [0.15, 0.2) is 0 Å². The maximum Gasteiger partial charge on any atom is 0.117 e. The topological polar surface area (TPSA) is 35.8 Å². The van der Waals surface area contributed by atoms with Gasteiger partial charge >= 0.3 is 0 Å². The first-order valence-corrected chi connectivity index (χ1v) is 5.95. The van der Waals surface area contributed by atoms with Crippen molar-refractivity contribution in [2.75, 3.05) is 12.4 Å². The molecule has 0 aromatic carbocycles. The summed E-state index contributed by atoms with van der Waals surface area (Å²) in [5.74, 6) is 0. The second-order valence-corrected chi connectivity index (χ2v) is 5.06. The first-order chi connectivity index (χ1) is 7.24. The number of nitrogens with one attached hydrogen (secondary N) is 1. The van der Waals surface area contributed by atoms with Gasteiger partial charge in [-0.25, -0.2) is 0 Å². The maximum absolute atomic E-state index is 8.73. The minimum absolute atomic E-state index is 0.725. The second kappa shape index (κ2) is 4.09. The minimum Gasteiger partial charge on any atom is -0.380 e. The van der Waals surface area contributed by atoms with Crippen molar-refractivity contribution in [3.05, 3.63) is 23.1 Å². The Morgan fingerprint density at radius 1 is 1.33 bits per heavy atom. The van der Waals surface area contributed by atoms with Crippen molar-refractivity contribution in [3.63, 3.8) is 0 Å². The summed E-state index contributed by atoms with van der Waals surface area (Å²) in [6, 6.07) is 7.84. The molecule has 0 unspecified atom stereocenters. The zero-order chi connectivity index (χ0) is 10.8. The zero-order valence-corrected chi connectivity index (χ0v) is 9.71. The zero-order valence-electron chi connectivity index (χ0n) is 8.07. The van der Waals surface area contributed by atoms with E-state index in [1.807, 2.05) is 25.2 Å². The number of thiophene rings is 2. The summed E-state index contributed by atoms with van der Waals surface area (Å²) >= 11 is 3.09. The van der Waals surface area contributed by atoms with Crippen LogP contribution in [0.4, 0.5) is 5.00 Å². The molecule has 0 aliphatic carbocycles. The molecule has 15 heavy (non-hydrogen) atoms. The highest BCUT2D eigenvalue weighted by Gasteiger charge is 2.08. The van der Waals surface area contributed by atoms with E-state index >= 15 is 0 Å². The van der Waals surface area contributed by atoms with Gasteiger partial charge in [0.1, 0.15) is 18.8 Å². The lowest BCUT2D eigenvalue weighted by Crippen LogP contribution is -2.03. The van der Waals surface area contributed by atoms with Crippen LogP contribution in [0.15, 0.2) is 18.2 Å². The van der Waals surface area contributed by atoms with Gasteiger partial charge in [0.2, 0.25) is 0 Å². The molecule has 2 rings (SSSR count). The molecule has 2 nitrogen and oxygen atoms in total. The minimum atomic E-state index is 0.725. The third kappa shape index (κ3) is 1.92. The summed E-state index contributed by atoms with van der Waals surface area (Å²) in [5, 5.41) is 12.7. The Hall–Kier alpha value is -1.25. The van der Waals surface area contributed by atoms with Gasteiger partial charge in [-0.2, -0.15) is 5.26 Å². The molecule has 5 heteroatoms. The molecule has 0 fully saturated rings. The fourth-order valence-electron chi connectivity index (χ4n) is 1.25. The van der Waals surface area contributed by atoms with E-state index in [2.05, 4.69) is 11.4 Å². The first-order valence-electron chi connectivity index (χ1n) is 4.32. The maximum atomic E-state index is 8.73. The van der Waals surface area contributed by atoms with Gasteiger partial charge in [0.25, 0.3) is 0 Å². The van der Waals surface area contributed by atoms with Crippen LogP contribution in [0.2, 0.25) is 0 Å². The lowest BCUT2D eigenvalue weighted by atomic mass is 9.99. The molecular weight excluding hydrogens is 223 g/mol. The number of rotatable bonds is 2. The van der Waals surface area contributed by atoms with Crippen LogP contribution in [-0.4, -0.2) is 14.9 Å². The summed E-state index contributed by atoms with van der Waals surface area (Å²) < 4.78 is 0. The first kappa shape index (κ1) is 10.3. The van der Waals surface area contributed by atoms with Gasteiger partial charge < -0.3 is 5.32 Å². The number of nitriles is 1. The molecule has 72 valence electrons. The number of anilines is 1. The van der Waals surface area contributed by atoms with Crippen molar-refractivity contribution in [2.45, 2.75) is 0 Å². The summed E-state index contributed by atoms with van der Waals surface area (Å²) in [6.45, 7) is 0. The molecule has 0 amide bonds. The normalized spacial score (nSPS) is 9.87. The number of hydrogen-bond acceptors (Lipinski definition) is 4. The summed E-state index contributed by atoms with van der Waals surface area (Å²) in [7, 11) is 7.66. The van der Waals surface area contributed by atoms with Crippen LogP contribution in [0.1, 0.15) is 4.88 Å². The van der Waals surface area contributed by atoms with E-state index in [9.17, 15) is 0 Å². The Kier molecular flexibility index (Phi) is 2.80. The monoisotopic (exact) mass is 230 g/mol. The van der Waals surface area contributed by atoms with Crippen molar-refractivity contribution >= 4 is 41.0 Å². The third-order valence-corrected chi connectivity index (χ3v) is 4.30. The highest BCUT2D eigenvalue weighted by Crippen LogP contribution is 2.33.